The van der Waals surface area contributed by atoms with E-state index < -0.39 is 11.9 Å². The van der Waals surface area contributed by atoms with Crippen LogP contribution in [0, 0.1) is 0 Å². The summed E-state index contributed by atoms with van der Waals surface area (Å²) in [6.07, 6.45) is 2.91. The standard InChI is InChI=1S/C21H24N2O4/c1-4-26-19-12-5-16(6-13-19)7-14-21(25)27-15-20(24)22-17-8-10-18(11-9-17)23(2)3/h5-14H,4,15H2,1-3H3,(H,22,24)/b14-7+. The van der Waals surface area contributed by atoms with Crippen LogP contribution in [0.2, 0.25) is 0 Å². The van der Waals surface area contributed by atoms with E-state index in [9.17, 15) is 9.59 Å². The van der Waals surface area contributed by atoms with Crippen molar-refractivity contribution in [3.8, 4) is 5.75 Å². The summed E-state index contributed by atoms with van der Waals surface area (Å²) in [5, 5.41) is 2.68. The highest BCUT2D eigenvalue weighted by molar-refractivity contribution is 5.94. The van der Waals surface area contributed by atoms with Gasteiger partial charge >= 0.3 is 5.97 Å². The van der Waals surface area contributed by atoms with Crippen LogP contribution in [0.25, 0.3) is 6.08 Å². The first-order valence-corrected chi connectivity index (χ1v) is 8.63. The summed E-state index contributed by atoms with van der Waals surface area (Å²) < 4.78 is 10.3. The fraction of sp³-hybridized carbons (Fsp3) is 0.238. The van der Waals surface area contributed by atoms with Crippen LogP contribution in [0.3, 0.4) is 0 Å². The Bertz CT molecular complexity index is 781. The number of anilines is 2. The zero-order valence-electron chi connectivity index (χ0n) is 15.8. The summed E-state index contributed by atoms with van der Waals surface area (Å²) in [5.74, 6) is -0.204. The topological polar surface area (TPSA) is 67.9 Å². The third-order valence-electron chi connectivity index (χ3n) is 3.62. The molecule has 0 bridgehead atoms. The minimum absolute atomic E-state index is 0.345. The van der Waals surface area contributed by atoms with Gasteiger partial charge in [0.2, 0.25) is 0 Å². The first kappa shape index (κ1) is 20.0. The van der Waals surface area contributed by atoms with Crippen LogP contribution < -0.4 is 15.0 Å². The molecule has 0 unspecified atom stereocenters. The van der Waals surface area contributed by atoms with E-state index in [4.69, 9.17) is 9.47 Å². The minimum Gasteiger partial charge on any atom is -0.494 e. The number of hydrogen-bond donors (Lipinski definition) is 1. The van der Waals surface area contributed by atoms with Crippen molar-refractivity contribution in [3.63, 3.8) is 0 Å². The fourth-order valence-corrected chi connectivity index (χ4v) is 2.23. The summed E-state index contributed by atoms with van der Waals surface area (Å²) >= 11 is 0. The van der Waals surface area contributed by atoms with Crippen molar-refractivity contribution in [1.29, 1.82) is 0 Å². The lowest BCUT2D eigenvalue weighted by molar-refractivity contribution is -0.142. The van der Waals surface area contributed by atoms with Crippen LogP contribution >= 0.6 is 0 Å². The molecule has 2 aromatic rings. The molecule has 0 radical (unpaired) electrons. The lowest BCUT2D eigenvalue weighted by atomic mass is 10.2. The van der Waals surface area contributed by atoms with Gasteiger partial charge in [-0.25, -0.2) is 4.79 Å². The number of ether oxygens (including phenoxy) is 2. The lowest BCUT2D eigenvalue weighted by Gasteiger charge is -2.13. The molecule has 2 aromatic carbocycles. The molecule has 0 fully saturated rings. The molecule has 2 rings (SSSR count). The van der Waals surface area contributed by atoms with Gasteiger partial charge in [-0.15, -0.1) is 0 Å². The molecule has 142 valence electrons. The number of nitrogens with one attached hydrogen (secondary N) is 1. The van der Waals surface area contributed by atoms with E-state index in [-0.39, 0.29) is 6.61 Å². The molecule has 0 heterocycles. The molecule has 0 aliphatic carbocycles. The Morgan fingerprint density at radius 3 is 2.30 bits per heavy atom. The molecule has 0 aromatic heterocycles. The Morgan fingerprint density at radius 1 is 1.04 bits per heavy atom. The number of benzene rings is 2. The van der Waals surface area contributed by atoms with E-state index in [0.29, 0.717) is 12.3 Å². The van der Waals surface area contributed by atoms with E-state index in [1.54, 1.807) is 18.2 Å². The molecule has 0 aliphatic heterocycles. The second-order valence-corrected chi connectivity index (χ2v) is 5.93. The monoisotopic (exact) mass is 368 g/mol. The predicted molar refractivity (Wildman–Crippen MR) is 107 cm³/mol. The summed E-state index contributed by atoms with van der Waals surface area (Å²) in [7, 11) is 3.88. The summed E-state index contributed by atoms with van der Waals surface area (Å²) in [4.78, 5) is 25.6. The Morgan fingerprint density at radius 2 is 1.70 bits per heavy atom. The Balaban J connectivity index is 1.77. The maximum Gasteiger partial charge on any atom is 0.331 e. The van der Waals surface area contributed by atoms with Crippen molar-refractivity contribution in [2.75, 3.05) is 37.5 Å². The maximum atomic E-state index is 11.9. The molecule has 1 amide bonds. The predicted octanol–water partition coefficient (Wildman–Crippen LogP) is 3.35. The quantitative estimate of drug-likeness (QED) is 0.572. The largest absolute Gasteiger partial charge is 0.494 e. The molecule has 1 N–H and O–H groups in total. The van der Waals surface area contributed by atoms with Crippen LogP contribution in [0.5, 0.6) is 5.75 Å². The molecule has 27 heavy (non-hydrogen) atoms. The number of nitrogens with zero attached hydrogens (tertiary/aromatic N) is 1. The number of esters is 1. The number of carbonyl (C=O) groups is 2. The zero-order valence-corrected chi connectivity index (χ0v) is 15.8. The van der Waals surface area contributed by atoms with Crippen LogP contribution in [-0.2, 0) is 14.3 Å². The van der Waals surface area contributed by atoms with E-state index in [2.05, 4.69) is 5.32 Å². The van der Waals surface area contributed by atoms with Gasteiger partial charge in [-0.1, -0.05) is 12.1 Å². The van der Waals surface area contributed by atoms with Crippen molar-refractivity contribution in [3.05, 3.63) is 60.2 Å². The SMILES string of the molecule is CCOc1ccc(/C=C/C(=O)OCC(=O)Nc2ccc(N(C)C)cc2)cc1. The van der Waals surface area contributed by atoms with E-state index >= 15 is 0 Å². The average molecular weight is 368 g/mol. The van der Waals surface area contributed by atoms with E-state index in [1.165, 1.54) is 6.08 Å². The van der Waals surface area contributed by atoms with Crippen molar-refractivity contribution >= 4 is 29.3 Å². The highest BCUT2D eigenvalue weighted by Crippen LogP contribution is 2.15. The number of rotatable bonds is 8. The molecule has 0 saturated heterocycles. The van der Waals surface area contributed by atoms with Crippen LogP contribution in [0.15, 0.2) is 54.6 Å². The lowest BCUT2D eigenvalue weighted by Crippen LogP contribution is -2.20. The average Bonchev–Trinajstić information content (AvgIpc) is 2.66. The van der Waals surface area contributed by atoms with E-state index in [1.807, 2.05) is 62.3 Å². The van der Waals surface area contributed by atoms with Gasteiger partial charge in [-0.05, 0) is 55.0 Å². The first-order valence-electron chi connectivity index (χ1n) is 8.63. The molecule has 0 spiro atoms. The van der Waals surface area contributed by atoms with Gasteiger partial charge in [0, 0.05) is 31.5 Å². The zero-order chi connectivity index (χ0) is 19.6. The molecule has 0 atom stereocenters. The second kappa shape index (κ2) is 10.0. The van der Waals surface area contributed by atoms with Crippen LogP contribution in [-0.4, -0.2) is 39.2 Å². The van der Waals surface area contributed by atoms with Crippen LogP contribution in [0.1, 0.15) is 12.5 Å². The summed E-state index contributed by atoms with van der Waals surface area (Å²) in [6, 6.07) is 14.7. The second-order valence-electron chi connectivity index (χ2n) is 5.93. The molecule has 6 nitrogen and oxygen atoms in total. The number of carbonyl (C=O) groups excluding carboxylic acids is 2. The first-order chi connectivity index (χ1) is 13.0. The Labute approximate surface area is 159 Å². The van der Waals surface area contributed by atoms with Crippen molar-refractivity contribution in [1.82, 2.24) is 0 Å². The normalized spacial score (nSPS) is 10.5. The highest BCUT2D eigenvalue weighted by atomic mass is 16.5. The van der Waals surface area contributed by atoms with Gasteiger partial charge in [-0.2, -0.15) is 0 Å². The van der Waals surface area contributed by atoms with Gasteiger partial charge in [0.15, 0.2) is 6.61 Å². The maximum absolute atomic E-state index is 11.9. The van der Waals surface area contributed by atoms with E-state index in [0.717, 1.165) is 17.0 Å². The third-order valence-corrected chi connectivity index (χ3v) is 3.62. The highest BCUT2D eigenvalue weighted by Gasteiger charge is 2.06. The molecule has 0 aliphatic rings. The van der Waals surface area contributed by atoms with Gasteiger partial charge in [0.05, 0.1) is 6.61 Å². The fourth-order valence-electron chi connectivity index (χ4n) is 2.23. The van der Waals surface area contributed by atoms with Crippen molar-refractivity contribution in [2.45, 2.75) is 6.92 Å². The Kier molecular flexibility index (Phi) is 7.43. The Hall–Kier alpha value is -3.28. The van der Waals surface area contributed by atoms with Gasteiger partial charge < -0.3 is 19.7 Å². The van der Waals surface area contributed by atoms with Gasteiger partial charge in [0.25, 0.3) is 5.91 Å². The summed E-state index contributed by atoms with van der Waals surface area (Å²) in [5.41, 5.74) is 2.51. The van der Waals surface area contributed by atoms with Crippen molar-refractivity contribution < 1.29 is 19.1 Å². The van der Waals surface area contributed by atoms with Crippen molar-refractivity contribution in [2.24, 2.45) is 0 Å². The molecule has 6 heteroatoms. The minimum atomic E-state index is -0.581. The van der Waals surface area contributed by atoms with Crippen LogP contribution in [0.4, 0.5) is 11.4 Å². The number of hydrogen-bond acceptors (Lipinski definition) is 5. The summed E-state index contributed by atoms with van der Waals surface area (Å²) in [6.45, 7) is 2.17. The van der Waals surface area contributed by atoms with Gasteiger partial charge in [0.1, 0.15) is 5.75 Å². The number of amides is 1. The molecular formula is C21H24N2O4. The smallest absolute Gasteiger partial charge is 0.331 e. The molecular weight excluding hydrogens is 344 g/mol. The molecule has 0 saturated carbocycles. The third kappa shape index (κ3) is 6.86. The van der Waals surface area contributed by atoms with Gasteiger partial charge in [-0.3, -0.25) is 4.79 Å².